The van der Waals surface area contributed by atoms with Crippen LogP contribution in [-0.2, 0) is 0 Å². The largest absolute Gasteiger partial charge is 0.309 e. The fourth-order valence-corrected chi connectivity index (χ4v) is 12.1. The topological polar surface area (TPSA) is 8.17 Å². The Bertz CT molecular complexity index is 4240. The number of nitrogens with zero attached hydrogens (tertiary/aromatic N) is 2. The highest BCUT2D eigenvalue weighted by molar-refractivity contribution is 7.27. The minimum atomic E-state index is 1.10. The molecule has 14 rings (SSSR count). The fraction of sp³-hybridized carbons (Fsp3) is 0. The smallest absolute Gasteiger partial charge is 0.0640 e. The number of hydrogen-bond donors (Lipinski definition) is 0. The zero-order valence-corrected chi connectivity index (χ0v) is 38.4. The van der Waals surface area contributed by atoms with Gasteiger partial charge in [0.25, 0.3) is 0 Å². The van der Waals surface area contributed by atoms with Gasteiger partial charge in [-0.25, -0.2) is 0 Å². The van der Waals surface area contributed by atoms with Crippen LogP contribution in [0.15, 0.2) is 255 Å². The van der Waals surface area contributed by atoms with Crippen molar-refractivity contribution in [2.24, 2.45) is 0 Å². The number of anilines is 3. The first kappa shape index (κ1) is 39.4. The molecule has 14 aromatic rings. The van der Waals surface area contributed by atoms with E-state index in [0.29, 0.717) is 0 Å². The molecule has 322 valence electrons. The van der Waals surface area contributed by atoms with Gasteiger partial charge in [0.2, 0.25) is 0 Å². The molecule has 0 saturated heterocycles. The van der Waals surface area contributed by atoms with Crippen molar-refractivity contribution in [1.82, 2.24) is 4.57 Å². The number of aromatic nitrogens is 1. The summed E-state index contributed by atoms with van der Waals surface area (Å²) in [7, 11) is 0. The second-order valence-electron chi connectivity index (χ2n) is 18.1. The third-order valence-corrected chi connectivity index (χ3v) is 15.5. The molecule has 2 aromatic heterocycles. The fourth-order valence-electron chi connectivity index (χ4n) is 10.8. The molecule has 0 aliphatic heterocycles. The lowest BCUT2D eigenvalue weighted by atomic mass is 9.96. The van der Waals surface area contributed by atoms with Gasteiger partial charge in [0.05, 0.1) is 21.4 Å². The molecule has 3 heteroatoms. The highest BCUT2D eigenvalue weighted by Gasteiger charge is 2.20. The lowest BCUT2D eigenvalue weighted by molar-refractivity contribution is 1.18. The van der Waals surface area contributed by atoms with Crippen molar-refractivity contribution in [1.29, 1.82) is 0 Å². The van der Waals surface area contributed by atoms with Gasteiger partial charge in [-0.2, -0.15) is 0 Å². The summed E-state index contributed by atoms with van der Waals surface area (Å²) < 4.78 is 4.99. The van der Waals surface area contributed by atoms with Gasteiger partial charge in [0.15, 0.2) is 0 Å². The van der Waals surface area contributed by atoms with Crippen LogP contribution >= 0.6 is 11.3 Å². The van der Waals surface area contributed by atoms with E-state index in [2.05, 4.69) is 264 Å². The van der Waals surface area contributed by atoms with E-state index in [-0.39, 0.29) is 0 Å². The molecule has 0 fully saturated rings. The Morgan fingerprint density at radius 1 is 0.275 bits per heavy atom. The van der Waals surface area contributed by atoms with Gasteiger partial charge in [-0.15, -0.1) is 11.3 Å². The van der Waals surface area contributed by atoms with Crippen molar-refractivity contribution in [2.45, 2.75) is 0 Å². The summed E-state index contributed by atoms with van der Waals surface area (Å²) in [6.45, 7) is 0. The lowest BCUT2D eigenvalue weighted by Gasteiger charge is -2.26. The highest BCUT2D eigenvalue weighted by atomic mass is 32.1. The van der Waals surface area contributed by atoms with Crippen LogP contribution in [0.1, 0.15) is 0 Å². The third kappa shape index (κ3) is 6.54. The molecule has 2 heterocycles. The van der Waals surface area contributed by atoms with Crippen molar-refractivity contribution in [3.8, 4) is 39.1 Å². The van der Waals surface area contributed by atoms with Crippen molar-refractivity contribution in [2.75, 3.05) is 4.90 Å². The maximum absolute atomic E-state index is 2.44. The van der Waals surface area contributed by atoms with Crippen LogP contribution in [0.3, 0.4) is 0 Å². The van der Waals surface area contributed by atoms with Crippen LogP contribution < -0.4 is 4.90 Å². The molecule has 0 amide bonds. The second kappa shape index (κ2) is 16.0. The average Bonchev–Trinajstić information content (AvgIpc) is 3.98. The normalized spacial score (nSPS) is 11.8. The van der Waals surface area contributed by atoms with Crippen LogP contribution in [0.25, 0.3) is 113 Å². The molecule has 2 nitrogen and oxygen atoms in total. The van der Waals surface area contributed by atoms with Crippen molar-refractivity contribution in [3.63, 3.8) is 0 Å². The molecular weight excluding hydrogens is 853 g/mol. The quantitative estimate of drug-likeness (QED) is 0.145. The second-order valence-corrected chi connectivity index (χ2v) is 19.1. The Labute approximate surface area is 403 Å². The van der Waals surface area contributed by atoms with Gasteiger partial charge in [0, 0.05) is 43.3 Å². The van der Waals surface area contributed by atoms with Gasteiger partial charge >= 0.3 is 0 Å². The Morgan fingerprint density at radius 2 is 0.725 bits per heavy atom. The molecule has 12 aromatic carbocycles. The summed E-state index contributed by atoms with van der Waals surface area (Å²) in [5.41, 5.74) is 14.1. The van der Waals surface area contributed by atoms with E-state index >= 15 is 0 Å². The summed E-state index contributed by atoms with van der Waals surface area (Å²) in [6, 6.07) is 93.6. The first-order chi connectivity index (χ1) is 34.2. The lowest BCUT2D eigenvalue weighted by Crippen LogP contribution is -2.10. The van der Waals surface area contributed by atoms with Crippen LogP contribution in [0.2, 0.25) is 0 Å². The monoisotopic (exact) mass is 894 g/mol. The van der Waals surface area contributed by atoms with Crippen LogP contribution in [-0.4, -0.2) is 4.57 Å². The maximum atomic E-state index is 2.44. The Hall–Kier alpha value is -8.76. The number of rotatable bonds is 7. The molecule has 0 radical (unpaired) electrons. The average molecular weight is 895 g/mol. The van der Waals surface area contributed by atoms with Crippen LogP contribution in [0, 0.1) is 0 Å². The van der Waals surface area contributed by atoms with Gasteiger partial charge < -0.3 is 9.47 Å². The van der Waals surface area contributed by atoms with E-state index in [1.54, 1.807) is 0 Å². The van der Waals surface area contributed by atoms with Crippen molar-refractivity contribution < 1.29 is 0 Å². The molecule has 0 spiro atoms. The molecule has 0 aliphatic rings. The number of thiophene rings is 1. The van der Waals surface area contributed by atoms with E-state index < -0.39 is 0 Å². The predicted molar refractivity (Wildman–Crippen MR) is 297 cm³/mol. The summed E-state index contributed by atoms with van der Waals surface area (Å²) >= 11 is 1.89. The summed E-state index contributed by atoms with van der Waals surface area (Å²) in [5, 5.41) is 12.8. The summed E-state index contributed by atoms with van der Waals surface area (Å²) in [6.07, 6.45) is 0. The van der Waals surface area contributed by atoms with E-state index in [9.17, 15) is 0 Å². The first-order valence-electron chi connectivity index (χ1n) is 23.6. The minimum absolute atomic E-state index is 1.10. The number of hydrogen-bond acceptors (Lipinski definition) is 2. The van der Waals surface area contributed by atoms with E-state index in [1.807, 2.05) is 11.3 Å². The van der Waals surface area contributed by atoms with Gasteiger partial charge in [-0.05, 0) is 126 Å². The van der Waals surface area contributed by atoms with E-state index in [0.717, 1.165) is 17.1 Å². The Kier molecular flexibility index (Phi) is 9.11. The van der Waals surface area contributed by atoms with Crippen molar-refractivity contribution in [3.05, 3.63) is 255 Å². The van der Waals surface area contributed by atoms with Crippen LogP contribution in [0.5, 0.6) is 0 Å². The number of benzene rings is 12. The molecule has 0 aliphatic carbocycles. The maximum Gasteiger partial charge on any atom is 0.0640 e. The highest BCUT2D eigenvalue weighted by Crippen LogP contribution is 2.47. The molecule has 0 atom stereocenters. The van der Waals surface area contributed by atoms with Gasteiger partial charge in [-0.3, -0.25) is 0 Å². The molecule has 69 heavy (non-hydrogen) atoms. The van der Waals surface area contributed by atoms with E-state index in [4.69, 9.17) is 0 Å². The number of para-hydroxylation sites is 2. The zero-order valence-electron chi connectivity index (χ0n) is 37.6. The molecule has 0 bridgehead atoms. The van der Waals surface area contributed by atoms with Crippen molar-refractivity contribution >= 4 is 103 Å². The molecule has 0 saturated carbocycles. The first-order valence-corrected chi connectivity index (χ1v) is 24.5. The summed E-state index contributed by atoms with van der Waals surface area (Å²) in [5.74, 6) is 0. The van der Waals surface area contributed by atoms with Gasteiger partial charge in [-0.1, -0.05) is 194 Å². The summed E-state index contributed by atoms with van der Waals surface area (Å²) in [4.78, 5) is 2.44. The molecule has 0 N–H and O–H groups in total. The third-order valence-electron chi connectivity index (χ3n) is 14.2. The standard InChI is InChI=1S/C66H42N2S/c1-3-15-55-47(11-1)27-28-49-29-30-51(42-61(49)55)45-25-23-43(24-26-45)44-31-36-52(37-32-44)67(64-22-10-19-59-60-40-35-48-12-2-4-16-56(48)65(60)69-66(59)64)53-38-33-46(34-39-53)50-13-9-14-54(41-50)68-62-20-7-5-17-57(62)58-18-6-8-21-63(58)68/h1-42H. The predicted octanol–water partition coefficient (Wildman–Crippen LogP) is 19.1. The van der Waals surface area contributed by atoms with E-state index in [1.165, 1.54) is 113 Å². The number of fused-ring (bicyclic) bond motifs is 11. The van der Waals surface area contributed by atoms with Crippen LogP contribution in [0.4, 0.5) is 17.1 Å². The minimum Gasteiger partial charge on any atom is -0.309 e. The van der Waals surface area contributed by atoms with Gasteiger partial charge in [0.1, 0.15) is 0 Å². The zero-order chi connectivity index (χ0) is 45.4. The molecular formula is C66H42N2S. The Balaban J connectivity index is 0.846. The molecule has 0 unspecified atom stereocenters. The Morgan fingerprint density at radius 3 is 1.39 bits per heavy atom. The SMILES string of the molecule is c1cc(-c2ccc(N(c3ccc(-c4ccc(-c5ccc6ccc7ccccc7c6c5)cc4)cc3)c3cccc4c3sc3c5ccccc5ccc43)cc2)cc(-n2c3ccccc3c3ccccc32)c1.